The largest absolute Gasteiger partial charge is 0.492 e. The lowest BCUT2D eigenvalue weighted by Gasteiger charge is -2.22. The summed E-state index contributed by atoms with van der Waals surface area (Å²) < 4.78 is 44.3. The molecular weight excluding hydrogens is 395 g/mol. The number of carbonyl (C=O) groups is 1. The Morgan fingerprint density at radius 2 is 1.72 bits per heavy atom. The van der Waals surface area contributed by atoms with Gasteiger partial charge >= 0.3 is 0 Å². The third-order valence-corrected chi connectivity index (χ3v) is 5.35. The van der Waals surface area contributed by atoms with E-state index in [2.05, 4.69) is 26.1 Å². The van der Waals surface area contributed by atoms with Crippen molar-refractivity contribution in [3.05, 3.63) is 59.9 Å². The number of ether oxygens (including phenoxy) is 1. The van der Waals surface area contributed by atoms with Crippen molar-refractivity contribution in [1.29, 1.82) is 0 Å². The van der Waals surface area contributed by atoms with Crippen LogP contribution in [0.2, 0.25) is 0 Å². The fraction of sp³-hybridized carbons (Fsp3) is 0.381. The third-order valence-electron chi connectivity index (χ3n) is 4.22. The molecule has 0 spiro atoms. The van der Waals surface area contributed by atoms with E-state index in [9.17, 15) is 17.6 Å². The summed E-state index contributed by atoms with van der Waals surface area (Å²) in [7, 11) is -3.82. The lowest BCUT2D eigenvalue weighted by molar-refractivity contribution is -0.119. The van der Waals surface area contributed by atoms with Gasteiger partial charge < -0.3 is 10.1 Å². The van der Waals surface area contributed by atoms with Crippen LogP contribution in [0.3, 0.4) is 0 Å². The Bertz CT molecular complexity index is 938. The van der Waals surface area contributed by atoms with Gasteiger partial charge in [0, 0.05) is 0 Å². The molecule has 0 fully saturated rings. The Hall–Kier alpha value is -2.61. The molecule has 0 saturated carbocycles. The average Bonchev–Trinajstić information content (AvgIpc) is 2.63. The number of nitrogens with one attached hydrogen (secondary N) is 1. The van der Waals surface area contributed by atoms with Gasteiger partial charge in [0.25, 0.3) is 0 Å². The topological polar surface area (TPSA) is 75.7 Å². The van der Waals surface area contributed by atoms with Crippen LogP contribution < -0.4 is 14.4 Å². The lowest BCUT2D eigenvalue weighted by Crippen LogP contribution is -2.41. The highest BCUT2D eigenvalue weighted by Crippen LogP contribution is 2.24. The molecule has 1 amide bonds. The van der Waals surface area contributed by atoms with Gasteiger partial charge in [0.2, 0.25) is 15.9 Å². The second kappa shape index (κ2) is 9.26. The molecule has 8 heteroatoms. The van der Waals surface area contributed by atoms with Crippen molar-refractivity contribution >= 4 is 21.6 Å². The third kappa shape index (κ3) is 6.74. The number of rotatable bonds is 8. The maximum Gasteiger partial charge on any atom is 0.240 e. The molecule has 0 radical (unpaired) electrons. The predicted molar refractivity (Wildman–Crippen MR) is 112 cm³/mol. The minimum Gasteiger partial charge on any atom is -0.492 e. The van der Waals surface area contributed by atoms with E-state index in [4.69, 9.17) is 4.74 Å². The lowest BCUT2D eigenvalue weighted by atomic mass is 9.87. The van der Waals surface area contributed by atoms with Crippen molar-refractivity contribution in [3.63, 3.8) is 0 Å². The van der Waals surface area contributed by atoms with Crippen molar-refractivity contribution in [2.24, 2.45) is 0 Å². The maximum atomic E-state index is 14.0. The molecule has 0 saturated heterocycles. The molecule has 2 rings (SSSR count). The van der Waals surface area contributed by atoms with Crippen LogP contribution in [0.5, 0.6) is 5.75 Å². The molecule has 158 valence electrons. The highest BCUT2D eigenvalue weighted by atomic mass is 32.2. The first kappa shape index (κ1) is 22.7. The first-order valence-corrected chi connectivity index (χ1v) is 11.1. The molecule has 0 bridgehead atoms. The van der Waals surface area contributed by atoms with Gasteiger partial charge in [-0.3, -0.25) is 9.10 Å². The van der Waals surface area contributed by atoms with Crippen LogP contribution in [0.4, 0.5) is 10.1 Å². The Labute approximate surface area is 171 Å². The van der Waals surface area contributed by atoms with Gasteiger partial charge in [-0.25, -0.2) is 12.8 Å². The molecule has 0 heterocycles. The van der Waals surface area contributed by atoms with E-state index in [0.717, 1.165) is 16.6 Å². The molecular formula is C21H27FN2O4S. The number of para-hydroxylation sites is 1. The number of amides is 1. The van der Waals surface area contributed by atoms with Crippen molar-refractivity contribution in [2.45, 2.75) is 26.2 Å². The molecule has 0 unspecified atom stereocenters. The molecule has 0 aromatic heterocycles. The van der Waals surface area contributed by atoms with Gasteiger partial charge in [-0.1, -0.05) is 45.0 Å². The highest BCUT2D eigenvalue weighted by Gasteiger charge is 2.23. The molecule has 1 N–H and O–H groups in total. The van der Waals surface area contributed by atoms with E-state index in [1.54, 1.807) is 0 Å². The van der Waals surface area contributed by atoms with E-state index < -0.39 is 28.3 Å². The second-order valence-corrected chi connectivity index (χ2v) is 9.60. The summed E-state index contributed by atoms with van der Waals surface area (Å²) in [6.45, 7) is 6.27. The second-order valence-electron chi connectivity index (χ2n) is 7.69. The number of nitrogens with zero attached hydrogens (tertiary/aromatic N) is 1. The summed E-state index contributed by atoms with van der Waals surface area (Å²) in [5.41, 5.74) is 1.07. The maximum absolute atomic E-state index is 14.0. The van der Waals surface area contributed by atoms with Crippen molar-refractivity contribution in [2.75, 3.05) is 30.3 Å². The first-order valence-electron chi connectivity index (χ1n) is 9.21. The van der Waals surface area contributed by atoms with E-state index >= 15 is 0 Å². The summed E-state index contributed by atoms with van der Waals surface area (Å²) in [5, 5.41) is 2.59. The minimum atomic E-state index is -3.82. The zero-order valence-corrected chi connectivity index (χ0v) is 17.9. The van der Waals surface area contributed by atoms with Crippen molar-refractivity contribution < 1.29 is 22.3 Å². The Morgan fingerprint density at radius 1 is 1.10 bits per heavy atom. The number of hydrogen-bond donors (Lipinski definition) is 1. The fourth-order valence-corrected chi connectivity index (χ4v) is 3.49. The van der Waals surface area contributed by atoms with Gasteiger partial charge in [0.15, 0.2) is 0 Å². The quantitative estimate of drug-likeness (QED) is 0.664. The number of halogens is 1. The van der Waals surface area contributed by atoms with Crippen LogP contribution in [-0.4, -0.2) is 40.3 Å². The number of carbonyl (C=O) groups excluding carboxylic acids is 1. The Morgan fingerprint density at radius 3 is 2.28 bits per heavy atom. The number of sulfonamides is 1. The summed E-state index contributed by atoms with van der Waals surface area (Å²) in [6, 6.07) is 13.1. The van der Waals surface area contributed by atoms with Crippen LogP contribution in [0.25, 0.3) is 0 Å². The predicted octanol–water partition coefficient (Wildman–Crippen LogP) is 3.08. The molecule has 0 atom stereocenters. The molecule has 29 heavy (non-hydrogen) atoms. The number of benzene rings is 2. The van der Waals surface area contributed by atoms with Gasteiger partial charge in [0.05, 0.1) is 18.5 Å². The summed E-state index contributed by atoms with van der Waals surface area (Å²) in [6.07, 6.45) is 0.928. The van der Waals surface area contributed by atoms with E-state index in [-0.39, 0.29) is 24.3 Å². The van der Waals surface area contributed by atoms with Crippen LogP contribution in [0.1, 0.15) is 26.3 Å². The normalized spacial score (nSPS) is 11.8. The zero-order valence-electron chi connectivity index (χ0n) is 17.1. The van der Waals surface area contributed by atoms with Gasteiger partial charge in [-0.15, -0.1) is 0 Å². The average molecular weight is 423 g/mol. The fourth-order valence-electron chi connectivity index (χ4n) is 2.63. The molecule has 0 aliphatic carbocycles. The number of hydrogen-bond acceptors (Lipinski definition) is 4. The Balaban J connectivity index is 1.88. The summed E-state index contributed by atoms with van der Waals surface area (Å²) in [5.74, 6) is -0.588. The molecule has 0 aliphatic rings. The standard InChI is InChI=1S/C21H27FN2O4S/c1-21(2,3)16-9-11-17(12-10-16)28-14-13-23-20(25)15-24(29(4,26)27)19-8-6-5-7-18(19)22/h5-12H,13-15H2,1-4H3,(H,23,25). The van der Waals surface area contributed by atoms with Crippen molar-refractivity contribution in [1.82, 2.24) is 5.32 Å². The summed E-state index contributed by atoms with van der Waals surface area (Å²) >= 11 is 0. The molecule has 0 aliphatic heterocycles. The monoisotopic (exact) mass is 422 g/mol. The van der Waals surface area contributed by atoms with Gasteiger partial charge in [-0.2, -0.15) is 0 Å². The SMILES string of the molecule is CC(C)(C)c1ccc(OCCNC(=O)CN(c2ccccc2F)S(C)(=O)=O)cc1. The van der Waals surface area contributed by atoms with Crippen molar-refractivity contribution in [3.8, 4) is 5.75 Å². The van der Waals surface area contributed by atoms with E-state index in [0.29, 0.717) is 5.75 Å². The van der Waals surface area contributed by atoms with Gasteiger partial charge in [-0.05, 0) is 35.2 Å². The zero-order chi connectivity index (χ0) is 21.7. The first-order chi connectivity index (χ1) is 13.5. The van der Waals surface area contributed by atoms with Crippen LogP contribution in [0.15, 0.2) is 48.5 Å². The van der Waals surface area contributed by atoms with Gasteiger partial charge in [0.1, 0.15) is 24.7 Å². The van der Waals surface area contributed by atoms with E-state index in [1.807, 2.05) is 24.3 Å². The van der Waals surface area contributed by atoms with Crippen LogP contribution >= 0.6 is 0 Å². The smallest absolute Gasteiger partial charge is 0.240 e. The van der Waals surface area contributed by atoms with Crippen LogP contribution in [-0.2, 0) is 20.2 Å². The Kier molecular flexibility index (Phi) is 7.24. The molecule has 2 aromatic carbocycles. The highest BCUT2D eigenvalue weighted by molar-refractivity contribution is 7.92. The van der Waals surface area contributed by atoms with Crippen LogP contribution in [0, 0.1) is 5.82 Å². The summed E-state index contributed by atoms with van der Waals surface area (Å²) in [4.78, 5) is 12.2. The van der Waals surface area contributed by atoms with E-state index in [1.165, 1.54) is 23.8 Å². The minimum absolute atomic E-state index is 0.0518. The molecule has 6 nitrogen and oxygen atoms in total. The number of anilines is 1. The molecule has 2 aromatic rings.